The van der Waals surface area contributed by atoms with Gasteiger partial charge in [-0.3, -0.25) is 4.79 Å². The molecule has 1 aromatic rings. The van der Waals surface area contributed by atoms with E-state index >= 15 is 0 Å². The standard InChI is InChI=1S/C13H15F2NO2/c14-9-5-10(15)7-12(6-9)18-8-13(17)16-11-3-1-2-4-11/h5-7,11H,1-4,8H2,(H,16,17). The van der Waals surface area contributed by atoms with E-state index in [0.29, 0.717) is 0 Å². The molecular formula is C13H15F2NO2. The van der Waals surface area contributed by atoms with Crippen molar-refractivity contribution in [3.05, 3.63) is 29.8 Å². The Balaban J connectivity index is 1.81. The van der Waals surface area contributed by atoms with Gasteiger partial charge in [-0.2, -0.15) is 0 Å². The summed E-state index contributed by atoms with van der Waals surface area (Å²) in [4.78, 5) is 11.5. The van der Waals surface area contributed by atoms with E-state index in [1.807, 2.05) is 0 Å². The van der Waals surface area contributed by atoms with Crippen molar-refractivity contribution in [2.24, 2.45) is 0 Å². The minimum Gasteiger partial charge on any atom is -0.484 e. The molecule has 0 aromatic heterocycles. The summed E-state index contributed by atoms with van der Waals surface area (Å²) >= 11 is 0. The van der Waals surface area contributed by atoms with Crippen LogP contribution in [0.3, 0.4) is 0 Å². The van der Waals surface area contributed by atoms with Crippen LogP contribution in [0.4, 0.5) is 8.78 Å². The van der Waals surface area contributed by atoms with Crippen LogP contribution in [0.15, 0.2) is 18.2 Å². The Labute approximate surface area is 104 Å². The molecule has 18 heavy (non-hydrogen) atoms. The molecule has 0 unspecified atom stereocenters. The third kappa shape index (κ3) is 3.68. The number of hydrogen-bond acceptors (Lipinski definition) is 2. The number of rotatable bonds is 4. The lowest BCUT2D eigenvalue weighted by molar-refractivity contribution is -0.123. The number of carbonyl (C=O) groups is 1. The Hall–Kier alpha value is -1.65. The van der Waals surface area contributed by atoms with Crippen molar-refractivity contribution < 1.29 is 18.3 Å². The van der Waals surface area contributed by atoms with Gasteiger partial charge in [0, 0.05) is 24.2 Å². The molecule has 0 bridgehead atoms. The van der Waals surface area contributed by atoms with E-state index in [1.165, 1.54) is 0 Å². The molecule has 0 atom stereocenters. The van der Waals surface area contributed by atoms with Crippen LogP contribution in [0.25, 0.3) is 0 Å². The van der Waals surface area contributed by atoms with Crippen LogP contribution in [-0.2, 0) is 4.79 Å². The Kier molecular flexibility index (Phi) is 4.12. The van der Waals surface area contributed by atoms with Crippen LogP contribution in [0.2, 0.25) is 0 Å². The highest BCUT2D eigenvalue weighted by atomic mass is 19.1. The number of carbonyl (C=O) groups excluding carboxylic acids is 1. The maximum Gasteiger partial charge on any atom is 0.258 e. The summed E-state index contributed by atoms with van der Waals surface area (Å²) in [7, 11) is 0. The normalized spacial score (nSPS) is 15.7. The molecule has 1 N–H and O–H groups in total. The van der Waals surface area contributed by atoms with Crippen LogP contribution < -0.4 is 10.1 Å². The summed E-state index contributed by atoms with van der Waals surface area (Å²) in [5.74, 6) is -1.68. The Bertz CT molecular complexity index is 411. The number of hydrogen-bond donors (Lipinski definition) is 1. The monoisotopic (exact) mass is 255 g/mol. The molecule has 2 rings (SSSR count). The quantitative estimate of drug-likeness (QED) is 0.897. The molecule has 0 aliphatic heterocycles. The van der Waals surface area contributed by atoms with Crippen molar-refractivity contribution in [1.82, 2.24) is 5.32 Å². The van der Waals surface area contributed by atoms with Crippen molar-refractivity contribution in [2.75, 3.05) is 6.61 Å². The molecular weight excluding hydrogens is 240 g/mol. The molecule has 1 aliphatic carbocycles. The highest BCUT2D eigenvalue weighted by Crippen LogP contribution is 2.18. The first-order valence-corrected chi connectivity index (χ1v) is 6.02. The van der Waals surface area contributed by atoms with Crippen molar-refractivity contribution in [2.45, 2.75) is 31.7 Å². The molecule has 3 nitrogen and oxygen atoms in total. The maximum atomic E-state index is 12.9. The summed E-state index contributed by atoms with van der Waals surface area (Å²) in [6.45, 7) is -0.223. The number of ether oxygens (including phenoxy) is 1. The van der Waals surface area contributed by atoms with Crippen molar-refractivity contribution in [1.29, 1.82) is 0 Å². The SMILES string of the molecule is O=C(COc1cc(F)cc(F)c1)NC1CCCC1. The molecule has 0 saturated heterocycles. The smallest absolute Gasteiger partial charge is 0.258 e. The molecule has 1 amide bonds. The van der Waals surface area contributed by atoms with Crippen LogP contribution in [-0.4, -0.2) is 18.6 Å². The van der Waals surface area contributed by atoms with Gasteiger partial charge >= 0.3 is 0 Å². The van der Waals surface area contributed by atoms with Gasteiger partial charge in [0.1, 0.15) is 17.4 Å². The minimum atomic E-state index is -0.721. The number of benzene rings is 1. The topological polar surface area (TPSA) is 38.3 Å². The summed E-state index contributed by atoms with van der Waals surface area (Å²) in [6.07, 6.45) is 4.22. The first-order valence-electron chi connectivity index (χ1n) is 6.02. The third-order valence-electron chi connectivity index (χ3n) is 2.93. The van der Waals surface area contributed by atoms with Gasteiger partial charge in [0.25, 0.3) is 5.91 Å². The molecule has 1 fully saturated rings. The van der Waals surface area contributed by atoms with Gasteiger partial charge in [-0.25, -0.2) is 8.78 Å². The van der Waals surface area contributed by atoms with Crippen LogP contribution in [0, 0.1) is 11.6 Å². The lowest BCUT2D eigenvalue weighted by Crippen LogP contribution is -2.36. The third-order valence-corrected chi connectivity index (χ3v) is 2.93. The van der Waals surface area contributed by atoms with Crippen LogP contribution >= 0.6 is 0 Å². The van der Waals surface area contributed by atoms with E-state index in [4.69, 9.17) is 4.74 Å². The lowest BCUT2D eigenvalue weighted by Gasteiger charge is -2.12. The second-order valence-electron chi connectivity index (χ2n) is 4.44. The summed E-state index contributed by atoms with van der Waals surface area (Å²) in [5.41, 5.74) is 0. The largest absolute Gasteiger partial charge is 0.484 e. The molecule has 98 valence electrons. The lowest BCUT2D eigenvalue weighted by atomic mass is 10.2. The summed E-state index contributed by atoms with van der Waals surface area (Å²) in [5, 5.41) is 2.83. The Morgan fingerprint density at radius 3 is 2.44 bits per heavy atom. The fourth-order valence-corrected chi connectivity index (χ4v) is 2.10. The van der Waals surface area contributed by atoms with E-state index in [2.05, 4.69) is 5.32 Å². The first-order chi connectivity index (χ1) is 8.63. The molecule has 0 radical (unpaired) electrons. The fourth-order valence-electron chi connectivity index (χ4n) is 2.10. The zero-order valence-corrected chi connectivity index (χ0v) is 9.92. The molecule has 0 spiro atoms. The van der Waals surface area contributed by atoms with E-state index < -0.39 is 11.6 Å². The van der Waals surface area contributed by atoms with E-state index in [-0.39, 0.29) is 24.3 Å². The highest BCUT2D eigenvalue weighted by Gasteiger charge is 2.17. The van der Waals surface area contributed by atoms with Gasteiger partial charge in [0.2, 0.25) is 0 Å². The number of halogens is 2. The van der Waals surface area contributed by atoms with Gasteiger partial charge in [-0.05, 0) is 12.8 Å². The fraction of sp³-hybridized carbons (Fsp3) is 0.462. The number of amides is 1. The molecule has 1 aromatic carbocycles. The predicted octanol–water partition coefficient (Wildman–Crippen LogP) is 2.40. The van der Waals surface area contributed by atoms with Gasteiger partial charge in [-0.15, -0.1) is 0 Å². The Morgan fingerprint density at radius 2 is 1.83 bits per heavy atom. The van der Waals surface area contributed by atoms with Gasteiger partial charge in [0.15, 0.2) is 6.61 Å². The Morgan fingerprint density at radius 1 is 1.22 bits per heavy atom. The van der Waals surface area contributed by atoms with E-state index in [0.717, 1.165) is 43.9 Å². The first kappa shape index (κ1) is 12.8. The van der Waals surface area contributed by atoms with Crippen molar-refractivity contribution >= 4 is 5.91 Å². The van der Waals surface area contributed by atoms with Crippen LogP contribution in [0.5, 0.6) is 5.75 Å². The highest BCUT2D eigenvalue weighted by molar-refractivity contribution is 5.77. The van der Waals surface area contributed by atoms with Crippen molar-refractivity contribution in [3.8, 4) is 5.75 Å². The molecule has 1 saturated carbocycles. The van der Waals surface area contributed by atoms with E-state index in [9.17, 15) is 13.6 Å². The number of nitrogens with one attached hydrogen (secondary N) is 1. The molecule has 1 aliphatic rings. The average Bonchev–Trinajstić information content (AvgIpc) is 2.78. The zero-order valence-electron chi connectivity index (χ0n) is 9.92. The maximum absolute atomic E-state index is 12.9. The molecule has 0 heterocycles. The summed E-state index contributed by atoms with van der Waals surface area (Å²) in [6, 6.07) is 3.06. The van der Waals surface area contributed by atoms with Gasteiger partial charge in [-0.1, -0.05) is 12.8 Å². The summed E-state index contributed by atoms with van der Waals surface area (Å²) < 4.78 is 30.8. The minimum absolute atomic E-state index is 0.0223. The average molecular weight is 255 g/mol. The van der Waals surface area contributed by atoms with E-state index in [1.54, 1.807) is 0 Å². The second-order valence-corrected chi connectivity index (χ2v) is 4.44. The zero-order chi connectivity index (χ0) is 13.0. The van der Waals surface area contributed by atoms with Gasteiger partial charge in [0.05, 0.1) is 0 Å². The van der Waals surface area contributed by atoms with Crippen molar-refractivity contribution in [3.63, 3.8) is 0 Å². The second kappa shape index (κ2) is 5.80. The van der Waals surface area contributed by atoms with Gasteiger partial charge < -0.3 is 10.1 Å². The van der Waals surface area contributed by atoms with Crippen LogP contribution in [0.1, 0.15) is 25.7 Å². The molecule has 5 heteroatoms. The predicted molar refractivity (Wildman–Crippen MR) is 62.3 cm³/mol.